The van der Waals surface area contributed by atoms with E-state index < -0.39 is 17.7 Å². The van der Waals surface area contributed by atoms with Crippen molar-refractivity contribution in [2.24, 2.45) is 11.8 Å². The smallest absolute Gasteiger partial charge is 0.390 e. The highest BCUT2D eigenvalue weighted by atomic mass is 19.4. The van der Waals surface area contributed by atoms with Crippen LogP contribution in [0.4, 0.5) is 13.2 Å². The fourth-order valence-corrected chi connectivity index (χ4v) is 2.64. The Morgan fingerprint density at radius 1 is 1.31 bits per heavy atom. The maximum absolute atomic E-state index is 12.5. The van der Waals surface area contributed by atoms with Crippen molar-refractivity contribution in [1.82, 2.24) is 0 Å². The predicted octanol–water partition coefficient (Wildman–Crippen LogP) is 3.91. The lowest BCUT2D eigenvalue weighted by atomic mass is 9.71. The summed E-state index contributed by atoms with van der Waals surface area (Å²) in [5, 5.41) is 10.3. The molecule has 1 nitrogen and oxygen atoms in total. The molecule has 1 unspecified atom stereocenters. The summed E-state index contributed by atoms with van der Waals surface area (Å²) in [7, 11) is 0. The first-order chi connectivity index (χ1) is 7.29. The van der Waals surface area contributed by atoms with E-state index in [0.717, 1.165) is 12.8 Å². The van der Waals surface area contributed by atoms with Gasteiger partial charge in [-0.15, -0.1) is 0 Å². The zero-order valence-electron chi connectivity index (χ0n) is 9.98. The van der Waals surface area contributed by atoms with E-state index in [9.17, 15) is 18.3 Å². The molecular formula is C12H21F3O. The molecule has 0 aromatic rings. The van der Waals surface area contributed by atoms with Crippen molar-refractivity contribution in [3.8, 4) is 0 Å². The van der Waals surface area contributed by atoms with Gasteiger partial charge in [-0.05, 0) is 38.0 Å². The SMILES string of the molecule is CCCC(C)C1(O)CCC(C(F)(F)F)CC1. The second-order valence-corrected chi connectivity index (χ2v) is 5.11. The van der Waals surface area contributed by atoms with Crippen LogP contribution in [0.2, 0.25) is 0 Å². The van der Waals surface area contributed by atoms with Crippen LogP contribution in [0.3, 0.4) is 0 Å². The molecule has 16 heavy (non-hydrogen) atoms. The Bertz CT molecular complexity index is 217. The number of hydrogen-bond acceptors (Lipinski definition) is 1. The van der Waals surface area contributed by atoms with Crippen molar-refractivity contribution in [2.45, 2.75) is 64.1 Å². The van der Waals surface area contributed by atoms with Gasteiger partial charge in [-0.1, -0.05) is 20.3 Å². The molecule has 1 saturated carbocycles. The summed E-state index contributed by atoms with van der Waals surface area (Å²) in [4.78, 5) is 0. The Labute approximate surface area is 95.0 Å². The Morgan fingerprint density at radius 3 is 2.19 bits per heavy atom. The number of hydrogen-bond donors (Lipinski definition) is 1. The second kappa shape index (κ2) is 4.94. The lowest BCUT2D eigenvalue weighted by Gasteiger charge is -2.40. The molecule has 1 N–H and O–H groups in total. The van der Waals surface area contributed by atoms with Gasteiger partial charge in [0.2, 0.25) is 0 Å². The third-order valence-corrected chi connectivity index (χ3v) is 3.95. The molecule has 0 aromatic carbocycles. The molecule has 0 heterocycles. The van der Waals surface area contributed by atoms with Crippen molar-refractivity contribution < 1.29 is 18.3 Å². The van der Waals surface area contributed by atoms with E-state index in [2.05, 4.69) is 0 Å². The Hall–Kier alpha value is -0.250. The minimum absolute atomic E-state index is 0.0774. The summed E-state index contributed by atoms with van der Waals surface area (Å²) < 4.78 is 37.4. The zero-order valence-corrected chi connectivity index (χ0v) is 9.98. The highest BCUT2D eigenvalue weighted by Gasteiger charge is 2.46. The first kappa shape index (κ1) is 13.8. The van der Waals surface area contributed by atoms with Crippen LogP contribution in [0.1, 0.15) is 52.4 Å². The molecule has 0 spiro atoms. The summed E-state index contributed by atoms with van der Waals surface area (Å²) in [6, 6.07) is 0. The highest BCUT2D eigenvalue weighted by molar-refractivity contribution is 4.90. The molecule has 0 aliphatic heterocycles. The van der Waals surface area contributed by atoms with Crippen LogP contribution in [-0.4, -0.2) is 16.9 Å². The molecule has 0 amide bonds. The van der Waals surface area contributed by atoms with Crippen LogP contribution in [0.15, 0.2) is 0 Å². The molecule has 0 radical (unpaired) electrons. The molecule has 0 saturated heterocycles. The molecule has 0 bridgehead atoms. The van der Waals surface area contributed by atoms with E-state index in [0.29, 0.717) is 12.8 Å². The van der Waals surface area contributed by atoms with Gasteiger partial charge in [0.15, 0.2) is 0 Å². The minimum atomic E-state index is -4.09. The monoisotopic (exact) mass is 238 g/mol. The fourth-order valence-electron chi connectivity index (χ4n) is 2.64. The van der Waals surface area contributed by atoms with E-state index in [-0.39, 0.29) is 18.8 Å². The third-order valence-electron chi connectivity index (χ3n) is 3.95. The van der Waals surface area contributed by atoms with Gasteiger partial charge in [-0.25, -0.2) is 0 Å². The maximum atomic E-state index is 12.5. The number of rotatable bonds is 3. The Morgan fingerprint density at radius 2 is 1.81 bits per heavy atom. The first-order valence-electron chi connectivity index (χ1n) is 6.08. The number of alkyl halides is 3. The Kier molecular flexibility index (Phi) is 4.27. The molecule has 1 atom stereocenters. The van der Waals surface area contributed by atoms with Gasteiger partial charge in [0.05, 0.1) is 11.5 Å². The van der Waals surface area contributed by atoms with E-state index in [1.807, 2.05) is 13.8 Å². The molecule has 1 rings (SSSR count). The van der Waals surface area contributed by atoms with E-state index in [1.165, 1.54) is 0 Å². The van der Waals surface area contributed by atoms with Crippen LogP contribution in [0.25, 0.3) is 0 Å². The van der Waals surface area contributed by atoms with Gasteiger partial charge in [-0.2, -0.15) is 13.2 Å². The largest absolute Gasteiger partial charge is 0.391 e. The average molecular weight is 238 g/mol. The van der Waals surface area contributed by atoms with E-state index in [4.69, 9.17) is 0 Å². The summed E-state index contributed by atoms with van der Waals surface area (Å²) in [6.45, 7) is 3.97. The quantitative estimate of drug-likeness (QED) is 0.790. The summed E-state index contributed by atoms with van der Waals surface area (Å²) in [6.07, 6.45) is -1.51. The van der Waals surface area contributed by atoms with Crippen LogP contribution >= 0.6 is 0 Å². The number of halogens is 3. The van der Waals surface area contributed by atoms with E-state index >= 15 is 0 Å². The van der Waals surface area contributed by atoms with Crippen molar-refractivity contribution in [3.05, 3.63) is 0 Å². The molecule has 1 aliphatic carbocycles. The van der Waals surface area contributed by atoms with Gasteiger partial charge in [0, 0.05) is 0 Å². The highest BCUT2D eigenvalue weighted by Crippen LogP contribution is 2.44. The van der Waals surface area contributed by atoms with Gasteiger partial charge >= 0.3 is 6.18 Å². The van der Waals surface area contributed by atoms with E-state index in [1.54, 1.807) is 0 Å². The van der Waals surface area contributed by atoms with Crippen LogP contribution in [0, 0.1) is 11.8 Å². The normalized spacial score (nSPS) is 33.8. The molecule has 4 heteroatoms. The summed E-state index contributed by atoms with van der Waals surface area (Å²) in [5.41, 5.74) is -0.863. The lowest BCUT2D eigenvalue weighted by molar-refractivity contribution is -0.196. The van der Waals surface area contributed by atoms with Crippen molar-refractivity contribution in [3.63, 3.8) is 0 Å². The standard InChI is InChI=1S/C12H21F3O/c1-3-4-9(2)11(16)7-5-10(6-8-11)12(13,14)15/h9-10,16H,3-8H2,1-2H3. The van der Waals surface area contributed by atoms with Gasteiger partial charge in [-0.3, -0.25) is 0 Å². The molecule has 1 fully saturated rings. The minimum Gasteiger partial charge on any atom is -0.390 e. The molecular weight excluding hydrogens is 217 g/mol. The lowest BCUT2D eigenvalue weighted by Crippen LogP contribution is -2.42. The van der Waals surface area contributed by atoms with Crippen molar-refractivity contribution in [1.29, 1.82) is 0 Å². The maximum Gasteiger partial charge on any atom is 0.391 e. The zero-order chi connectivity index (χ0) is 12.4. The predicted molar refractivity (Wildman–Crippen MR) is 57.0 cm³/mol. The van der Waals surface area contributed by atoms with Crippen LogP contribution < -0.4 is 0 Å². The van der Waals surface area contributed by atoms with Gasteiger partial charge in [0.1, 0.15) is 0 Å². The molecule has 0 aromatic heterocycles. The van der Waals surface area contributed by atoms with Gasteiger partial charge < -0.3 is 5.11 Å². The van der Waals surface area contributed by atoms with Crippen molar-refractivity contribution in [2.75, 3.05) is 0 Å². The summed E-state index contributed by atoms with van der Waals surface area (Å²) >= 11 is 0. The van der Waals surface area contributed by atoms with Gasteiger partial charge in [0.25, 0.3) is 0 Å². The topological polar surface area (TPSA) is 20.2 Å². The number of aliphatic hydroxyl groups is 1. The third kappa shape index (κ3) is 3.12. The van der Waals surface area contributed by atoms with Crippen molar-refractivity contribution >= 4 is 0 Å². The summed E-state index contributed by atoms with van der Waals surface area (Å²) in [5.74, 6) is -1.10. The average Bonchev–Trinajstić information content (AvgIpc) is 2.17. The molecule has 1 aliphatic rings. The Balaban J connectivity index is 2.53. The molecule has 96 valence electrons. The second-order valence-electron chi connectivity index (χ2n) is 5.11. The first-order valence-corrected chi connectivity index (χ1v) is 6.08. The fraction of sp³-hybridized carbons (Fsp3) is 1.00. The van der Waals surface area contributed by atoms with Crippen LogP contribution in [0.5, 0.6) is 0 Å². The van der Waals surface area contributed by atoms with Crippen LogP contribution in [-0.2, 0) is 0 Å².